The Morgan fingerprint density at radius 1 is 1.22 bits per heavy atom. The number of thioether (sulfide) groups is 1. The average Bonchev–Trinajstić information content (AvgIpc) is 3.12. The number of ketones is 1. The number of benzene rings is 1. The molecule has 0 unspecified atom stereocenters. The maximum atomic E-state index is 12.9. The van der Waals surface area contributed by atoms with E-state index in [1.54, 1.807) is 4.68 Å². The Balaban J connectivity index is 1.68. The number of hydrogen-bond donors (Lipinski definition) is 0. The largest absolute Gasteiger partial charge is 0.298 e. The molecule has 2 aromatic rings. The Hall–Kier alpha value is -1.69. The number of hydrogen-bond acceptors (Lipinski definition) is 5. The van der Waals surface area contributed by atoms with E-state index in [-0.39, 0.29) is 22.0 Å². The molecule has 1 aromatic heterocycles. The maximum absolute atomic E-state index is 12.9. The number of fused-ring (bicyclic) bond motifs is 2. The third-order valence-electron chi connectivity index (χ3n) is 6.14. The zero-order chi connectivity index (χ0) is 16.2. The Morgan fingerprint density at radius 2 is 1.96 bits per heavy atom. The molecule has 0 saturated heterocycles. The number of tetrazole rings is 1. The Bertz CT molecular complexity index is 757. The molecule has 0 aliphatic heterocycles. The molecule has 4 rings (SSSR count). The van der Waals surface area contributed by atoms with Crippen LogP contribution in [0.3, 0.4) is 0 Å². The van der Waals surface area contributed by atoms with Gasteiger partial charge in [-0.1, -0.05) is 50.7 Å². The normalized spacial score (nSPS) is 31.7. The summed E-state index contributed by atoms with van der Waals surface area (Å²) < 4.78 is 1.72. The summed E-state index contributed by atoms with van der Waals surface area (Å²) in [7, 11) is 0. The Morgan fingerprint density at radius 3 is 2.61 bits per heavy atom. The number of carbonyl (C=O) groups is 1. The van der Waals surface area contributed by atoms with Crippen LogP contribution in [0.2, 0.25) is 0 Å². The molecule has 120 valence electrons. The number of para-hydroxylation sites is 1. The van der Waals surface area contributed by atoms with Gasteiger partial charge in [0.15, 0.2) is 0 Å². The van der Waals surface area contributed by atoms with E-state index in [2.05, 4.69) is 36.3 Å². The monoisotopic (exact) mass is 328 g/mol. The van der Waals surface area contributed by atoms with E-state index in [0.717, 1.165) is 18.5 Å². The van der Waals surface area contributed by atoms with E-state index in [1.807, 2.05) is 30.3 Å². The smallest absolute Gasteiger partial charge is 0.214 e. The highest BCUT2D eigenvalue weighted by Gasteiger charge is 2.66. The van der Waals surface area contributed by atoms with Crippen LogP contribution >= 0.6 is 11.8 Å². The van der Waals surface area contributed by atoms with Crippen LogP contribution in [0.4, 0.5) is 0 Å². The van der Waals surface area contributed by atoms with E-state index in [4.69, 9.17) is 0 Å². The Kier molecular flexibility index (Phi) is 3.17. The fraction of sp³-hybridized carbons (Fsp3) is 0.529. The van der Waals surface area contributed by atoms with Gasteiger partial charge >= 0.3 is 0 Å². The van der Waals surface area contributed by atoms with Gasteiger partial charge in [-0.05, 0) is 46.2 Å². The number of carbonyl (C=O) groups excluding carboxylic acids is 1. The zero-order valence-corrected chi connectivity index (χ0v) is 14.4. The number of nitrogens with zero attached hydrogens (tertiary/aromatic N) is 4. The molecule has 3 atom stereocenters. The van der Waals surface area contributed by atoms with Crippen molar-refractivity contribution in [2.45, 2.75) is 44.0 Å². The number of Topliss-reactive ketones (excluding diaryl/α,β-unsaturated/α-hetero) is 1. The topological polar surface area (TPSA) is 60.7 Å². The molecular weight excluding hydrogens is 308 g/mol. The molecule has 0 radical (unpaired) electrons. The summed E-state index contributed by atoms with van der Waals surface area (Å²) in [6, 6.07) is 9.81. The first-order chi connectivity index (χ1) is 10.9. The molecule has 0 spiro atoms. The van der Waals surface area contributed by atoms with Crippen LogP contribution in [-0.4, -0.2) is 31.2 Å². The summed E-state index contributed by atoms with van der Waals surface area (Å²) in [6.07, 6.45) is 2.12. The summed E-state index contributed by atoms with van der Waals surface area (Å²) in [5, 5.41) is 12.7. The fourth-order valence-electron chi connectivity index (χ4n) is 4.27. The van der Waals surface area contributed by atoms with E-state index in [9.17, 15) is 4.79 Å². The molecule has 1 heterocycles. The summed E-state index contributed by atoms with van der Waals surface area (Å²) in [5.74, 6) is 0.544. The lowest BCUT2D eigenvalue weighted by atomic mass is 9.71. The highest BCUT2D eigenvalue weighted by atomic mass is 32.2. The van der Waals surface area contributed by atoms with Gasteiger partial charge < -0.3 is 0 Å². The third kappa shape index (κ3) is 1.94. The van der Waals surface area contributed by atoms with Crippen molar-refractivity contribution in [3.8, 4) is 5.69 Å². The van der Waals surface area contributed by atoms with Crippen molar-refractivity contribution in [2.75, 3.05) is 0 Å². The first-order valence-electron chi connectivity index (χ1n) is 7.99. The first-order valence-corrected chi connectivity index (χ1v) is 8.87. The molecule has 23 heavy (non-hydrogen) atoms. The molecule has 2 aliphatic carbocycles. The summed E-state index contributed by atoms with van der Waals surface area (Å²) in [4.78, 5) is 12.9. The molecule has 6 heteroatoms. The van der Waals surface area contributed by atoms with Crippen LogP contribution in [0, 0.1) is 16.7 Å². The van der Waals surface area contributed by atoms with E-state index < -0.39 is 0 Å². The summed E-state index contributed by atoms with van der Waals surface area (Å²) in [5.41, 5.74) is 0.972. The summed E-state index contributed by atoms with van der Waals surface area (Å²) in [6.45, 7) is 6.73. The maximum Gasteiger partial charge on any atom is 0.214 e. The zero-order valence-electron chi connectivity index (χ0n) is 13.6. The van der Waals surface area contributed by atoms with Crippen LogP contribution in [0.1, 0.15) is 33.6 Å². The molecule has 0 amide bonds. The van der Waals surface area contributed by atoms with Crippen molar-refractivity contribution in [3.63, 3.8) is 0 Å². The second-order valence-corrected chi connectivity index (χ2v) is 8.41. The lowest BCUT2D eigenvalue weighted by Gasteiger charge is -2.37. The van der Waals surface area contributed by atoms with Gasteiger partial charge in [-0.25, -0.2) is 0 Å². The van der Waals surface area contributed by atoms with Crippen molar-refractivity contribution in [2.24, 2.45) is 16.7 Å². The highest BCUT2D eigenvalue weighted by Crippen LogP contribution is 2.67. The van der Waals surface area contributed by atoms with Gasteiger partial charge in [0.05, 0.1) is 10.9 Å². The van der Waals surface area contributed by atoms with Crippen molar-refractivity contribution in [1.29, 1.82) is 0 Å². The molecule has 2 fully saturated rings. The lowest BCUT2D eigenvalue weighted by Crippen LogP contribution is -2.35. The van der Waals surface area contributed by atoms with Gasteiger partial charge in [-0.3, -0.25) is 4.79 Å². The quantitative estimate of drug-likeness (QED) is 0.866. The van der Waals surface area contributed by atoms with Gasteiger partial charge in [0.1, 0.15) is 5.78 Å². The van der Waals surface area contributed by atoms with Crippen LogP contribution in [0.5, 0.6) is 0 Å². The number of rotatable bonds is 3. The predicted molar refractivity (Wildman–Crippen MR) is 88.4 cm³/mol. The highest BCUT2D eigenvalue weighted by molar-refractivity contribution is 8.00. The van der Waals surface area contributed by atoms with Crippen molar-refractivity contribution in [3.05, 3.63) is 30.3 Å². The Labute approximate surface area is 139 Å². The molecule has 0 N–H and O–H groups in total. The number of aromatic nitrogens is 4. The molecule has 1 aromatic carbocycles. The van der Waals surface area contributed by atoms with Gasteiger partial charge in [-0.2, -0.15) is 4.68 Å². The summed E-state index contributed by atoms with van der Waals surface area (Å²) >= 11 is 1.53. The lowest BCUT2D eigenvalue weighted by molar-refractivity contribution is -0.122. The molecule has 5 nitrogen and oxygen atoms in total. The minimum Gasteiger partial charge on any atom is -0.298 e. The average molecular weight is 328 g/mol. The van der Waals surface area contributed by atoms with Crippen LogP contribution < -0.4 is 0 Å². The first kappa shape index (κ1) is 14.9. The van der Waals surface area contributed by atoms with E-state index in [1.165, 1.54) is 11.8 Å². The standard InChI is InChI=1S/C17H20N4OS/c1-16(2)12-9-10-17(16,3)14(13(12)22)23-15-18-19-20-21(15)11-7-5-4-6-8-11/h4-8,12,14H,9-10H2,1-3H3/t12-,14-,17-/m1/s1. The van der Waals surface area contributed by atoms with Gasteiger partial charge in [0.25, 0.3) is 0 Å². The molecule has 2 bridgehead atoms. The van der Waals surface area contributed by atoms with Crippen molar-refractivity contribution in [1.82, 2.24) is 20.2 Å². The SMILES string of the molecule is CC1(C)[C@@H]2CC[C@]1(C)[C@H](Sc1nnnn1-c1ccccc1)C2=O. The molecule has 2 aliphatic rings. The van der Waals surface area contributed by atoms with Crippen LogP contribution in [-0.2, 0) is 4.79 Å². The van der Waals surface area contributed by atoms with E-state index in [0.29, 0.717) is 10.9 Å². The third-order valence-corrected chi connectivity index (χ3v) is 7.59. The minimum atomic E-state index is -0.0651. The van der Waals surface area contributed by atoms with E-state index >= 15 is 0 Å². The van der Waals surface area contributed by atoms with Crippen LogP contribution in [0.25, 0.3) is 5.69 Å². The molecule has 2 saturated carbocycles. The molecular formula is C17H20N4OS. The van der Waals surface area contributed by atoms with Gasteiger partial charge in [0, 0.05) is 5.92 Å². The van der Waals surface area contributed by atoms with Crippen molar-refractivity contribution >= 4 is 17.5 Å². The minimum absolute atomic E-state index is 0.00683. The second kappa shape index (κ2) is 4.90. The fourth-order valence-corrected chi connectivity index (χ4v) is 5.76. The van der Waals surface area contributed by atoms with Gasteiger partial charge in [-0.15, -0.1) is 5.10 Å². The van der Waals surface area contributed by atoms with Crippen LogP contribution in [0.15, 0.2) is 35.5 Å². The predicted octanol–water partition coefficient (Wildman–Crippen LogP) is 3.15. The second-order valence-electron chi connectivity index (χ2n) is 7.34. The van der Waals surface area contributed by atoms with Gasteiger partial charge in [0.2, 0.25) is 5.16 Å². The van der Waals surface area contributed by atoms with Crippen molar-refractivity contribution < 1.29 is 4.79 Å².